The van der Waals surface area contributed by atoms with E-state index < -0.39 is 11.7 Å². The van der Waals surface area contributed by atoms with E-state index in [0.717, 1.165) is 17.7 Å². The van der Waals surface area contributed by atoms with Crippen LogP contribution in [-0.2, 0) is 17.5 Å². The molecule has 1 amide bonds. The fraction of sp³-hybridized carbons (Fsp3) is 0.286. The zero-order chi connectivity index (χ0) is 16.3. The molecular weight excluding hydrogens is 297 g/mol. The molecular formula is C14H15F3N4O. The van der Waals surface area contributed by atoms with Crippen LogP contribution < -0.4 is 5.43 Å². The van der Waals surface area contributed by atoms with Gasteiger partial charge in [0, 0.05) is 32.3 Å². The van der Waals surface area contributed by atoms with Crippen LogP contribution in [0, 0.1) is 0 Å². The summed E-state index contributed by atoms with van der Waals surface area (Å²) in [6.45, 7) is 1.81. The van der Waals surface area contributed by atoms with E-state index in [-0.39, 0.29) is 5.91 Å². The molecule has 0 aliphatic rings. The van der Waals surface area contributed by atoms with Crippen molar-refractivity contribution in [1.82, 2.24) is 20.2 Å². The van der Waals surface area contributed by atoms with E-state index in [1.807, 2.05) is 0 Å². The van der Waals surface area contributed by atoms with Crippen LogP contribution in [0.15, 0.2) is 36.7 Å². The number of amides is 1. The van der Waals surface area contributed by atoms with Crippen molar-refractivity contribution < 1.29 is 18.0 Å². The highest BCUT2D eigenvalue weighted by molar-refractivity contribution is 5.72. The number of halogens is 3. The van der Waals surface area contributed by atoms with Gasteiger partial charge in [-0.15, -0.1) is 0 Å². The summed E-state index contributed by atoms with van der Waals surface area (Å²) in [5, 5.41) is 5.44. The summed E-state index contributed by atoms with van der Waals surface area (Å²) in [5.41, 5.74) is 3.50. The second-order valence-electron chi connectivity index (χ2n) is 4.75. The van der Waals surface area contributed by atoms with Crippen LogP contribution in [0.3, 0.4) is 0 Å². The molecule has 0 saturated carbocycles. The second kappa shape index (κ2) is 6.18. The van der Waals surface area contributed by atoms with Crippen LogP contribution in [-0.4, -0.2) is 27.7 Å². The number of alkyl halides is 3. The summed E-state index contributed by atoms with van der Waals surface area (Å²) in [6.07, 6.45) is -1.09. The van der Waals surface area contributed by atoms with Gasteiger partial charge in [-0.25, -0.2) is 10.1 Å². The van der Waals surface area contributed by atoms with Gasteiger partial charge >= 0.3 is 6.18 Å². The minimum absolute atomic E-state index is 0.130. The zero-order valence-corrected chi connectivity index (χ0v) is 12.1. The Labute approximate surface area is 125 Å². The highest BCUT2D eigenvalue weighted by Gasteiger charge is 2.30. The molecule has 1 aromatic carbocycles. The largest absolute Gasteiger partial charge is 0.416 e. The third kappa shape index (κ3) is 3.85. The second-order valence-corrected chi connectivity index (χ2v) is 4.75. The molecule has 0 radical (unpaired) electrons. The zero-order valence-electron chi connectivity index (χ0n) is 12.1. The molecule has 0 spiro atoms. The monoisotopic (exact) mass is 312 g/mol. The van der Waals surface area contributed by atoms with E-state index in [1.54, 1.807) is 19.4 Å². The Bertz CT molecular complexity index is 649. The van der Waals surface area contributed by atoms with Gasteiger partial charge in [-0.05, 0) is 24.3 Å². The lowest BCUT2D eigenvalue weighted by molar-refractivity contribution is -0.137. The third-order valence-electron chi connectivity index (χ3n) is 3.09. The van der Waals surface area contributed by atoms with Gasteiger partial charge in [-0.3, -0.25) is 9.80 Å². The number of aromatic nitrogens is 2. The Kier molecular flexibility index (Phi) is 4.51. The van der Waals surface area contributed by atoms with Gasteiger partial charge in [0.15, 0.2) is 0 Å². The maximum absolute atomic E-state index is 12.5. The molecule has 0 atom stereocenters. The topological polar surface area (TPSA) is 50.2 Å². The van der Waals surface area contributed by atoms with Crippen LogP contribution in [0.2, 0.25) is 0 Å². The van der Waals surface area contributed by atoms with Gasteiger partial charge in [0.1, 0.15) is 0 Å². The molecule has 1 heterocycles. The highest BCUT2D eigenvalue weighted by atomic mass is 19.4. The Morgan fingerprint density at radius 2 is 1.95 bits per heavy atom. The number of nitrogens with zero attached hydrogens (tertiary/aromatic N) is 3. The molecule has 0 unspecified atom stereocenters. The highest BCUT2D eigenvalue weighted by Crippen LogP contribution is 2.29. The number of hydrazine groups is 1. The van der Waals surface area contributed by atoms with Crippen molar-refractivity contribution in [3.05, 3.63) is 47.8 Å². The molecule has 8 heteroatoms. The summed E-state index contributed by atoms with van der Waals surface area (Å²) in [7, 11) is 1.60. The fourth-order valence-corrected chi connectivity index (χ4v) is 1.72. The Hall–Kier alpha value is -2.35. The normalized spacial score (nSPS) is 11.5. The predicted octanol–water partition coefficient (Wildman–Crippen LogP) is 2.37. The lowest BCUT2D eigenvalue weighted by Gasteiger charge is -2.15. The van der Waals surface area contributed by atoms with Crippen LogP contribution in [0.25, 0.3) is 5.69 Å². The molecule has 5 nitrogen and oxygen atoms in total. The van der Waals surface area contributed by atoms with Crippen molar-refractivity contribution in [3.8, 4) is 5.69 Å². The number of nitrogens with one attached hydrogen (secondary N) is 1. The number of hydrogen-bond acceptors (Lipinski definition) is 3. The molecule has 1 aromatic heterocycles. The SMILES string of the molecule is CC(=O)N(C)NCc1cnn(-c2ccc(C(F)(F)F)cc2)c1. The van der Waals surface area contributed by atoms with Crippen molar-refractivity contribution >= 4 is 5.91 Å². The number of rotatable bonds is 4. The first-order chi connectivity index (χ1) is 10.3. The molecule has 0 bridgehead atoms. The standard InChI is InChI=1S/C14H15F3N4O/c1-10(22)20(2)18-7-11-8-19-21(9-11)13-5-3-12(4-6-13)14(15,16)17/h3-6,8-9,18H,7H2,1-2H3. The van der Waals surface area contributed by atoms with E-state index in [9.17, 15) is 18.0 Å². The summed E-state index contributed by atoms with van der Waals surface area (Å²) in [4.78, 5) is 11.1. The van der Waals surface area contributed by atoms with Gasteiger partial charge in [0.2, 0.25) is 5.91 Å². The first-order valence-electron chi connectivity index (χ1n) is 6.46. The third-order valence-corrected chi connectivity index (χ3v) is 3.09. The van der Waals surface area contributed by atoms with Crippen molar-refractivity contribution in [3.63, 3.8) is 0 Å². The van der Waals surface area contributed by atoms with Gasteiger partial charge < -0.3 is 0 Å². The number of carbonyl (C=O) groups excluding carboxylic acids is 1. The van der Waals surface area contributed by atoms with E-state index in [4.69, 9.17) is 0 Å². The molecule has 0 fully saturated rings. The predicted molar refractivity (Wildman–Crippen MR) is 73.8 cm³/mol. The van der Waals surface area contributed by atoms with Crippen LogP contribution in [0.5, 0.6) is 0 Å². The molecule has 2 rings (SSSR count). The molecule has 118 valence electrons. The summed E-state index contributed by atoms with van der Waals surface area (Å²) in [5.74, 6) is -0.130. The number of hydrogen-bond donors (Lipinski definition) is 1. The quantitative estimate of drug-likeness (QED) is 0.882. The van der Waals surface area contributed by atoms with Gasteiger partial charge in [0.25, 0.3) is 0 Å². The van der Waals surface area contributed by atoms with Gasteiger partial charge in [0.05, 0.1) is 17.4 Å². The first-order valence-corrected chi connectivity index (χ1v) is 6.46. The number of carbonyl (C=O) groups is 1. The Morgan fingerprint density at radius 3 is 2.50 bits per heavy atom. The van der Waals surface area contributed by atoms with E-state index in [0.29, 0.717) is 12.2 Å². The molecule has 1 N–H and O–H groups in total. The average Bonchev–Trinajstić information content (AvgIpc) is 2.92. The lowest BCUT2D eigenvalue weighted by Crippen LogP contribution is -2.37. The summed E-state index contributed by atoms with van der Waals surface area (Å²) < 4.78 is 39.0. The first kappa shape index (κ1) is 16.0. The van der Waals surface area contributed by atoms with E-state index in [2.05, 4.69) is 10.5 Å². The van der Waals surface area contributed by atoms with Crippen molar-refractivity contribution in [2.75, 3.05) is 7.05 Å². The maximum Gasteiger partial charge on any atom is 0.416 e. The molecule has 0 aliphatic carbocycles. The fourth-order valence-electron chi connectivity index (χ4n) is 1.72. The van der Waals surface area contributed by atoms with Crippen LogP contribution in [0.1, 0.15) is 18.1 Å². The van der Waals surface area contributed by atoms with Crippen LogP contribution in [0.4, 0.5) is 13.2 Å². The Balaban J connectivity index is 2.06. The minimum atomic E-state index is -4.35. The Morgan fingerprint density at radius 1 is 1.32 bits per heavy atom. The van der Waals surface area contributed by atoms with E-state index >= 15 is 0 Å². The van der Waals surface area contributed by atoms with Crippen molar-refractivity contribution in [2.24, 2.45) is 0 Å². The summed E-state index contributed by atoms with van der Waals surface area (Å²) in [6, 6.07) is 4.74. The smallest absolute Gasteiger partial charge is 0.281 e. The maximum atomic E-state index is 12.5. The molecule has 0 aliphatic heterocycles. The average molecular weight is 312 g/mol. The van der Waals surface area contributed by atoms with Crippen molar-refractivity contribution in [2.45, 2.75) is 19.6 Å². The minimum Gasteiger partial charge on any atom is -0.281 e. The van der Waals surface area contributed by atoms with E-state index in [1.165, 1.54) is 28.7 Å². The lowest BCUT2D eigenvalue weighted by atomic mass is 10.2. The summed E-state index contributed by atoms with van der Waals surface area (Å²) >= 11 is 0. The molecule has 22 heavy (non-hydrogen) atoms. The molecule has 0 saturated heterocycles. The van der Waals surface area contributed by atoms with Crippen LogP contribution >= 0.6 is 0 Å². The number of benzene rings is 1. The molecule has 2 aromatic rings. The van der Waals surface area contributed by atoms with Gasteiger partial charge in [-0.2, -0.15) is 18.3 Å². The van der Waals surface area contributed by atoms with Crippen molar-refractivity contribution in [1.29, 1.82) is 0 Å². The van der Waals surface area contributed by atoms with Gasteiger partial charge in [-0.1, -0.05) is 0 Å².